The molecule has 6 nitrogen and oxygen atoms in total. The number of nitrogens with one attached hydrogen (secondary N) is 1. The Hall–Kier alpha value is -1.79. The summed E-state index contributed by atoms with van der Waals surface area (Å²) in [5.41, 5.74) is 6.45. The maximum atomic E-state index is 12.3. The third-order valence-electron chi connectivity index (χ3n) is 4.60. The van der Waals surface area contributed by atoms with Crippen molar-refractivity contribution < 1.29 is 19.4 Å². The van der Waals surface area contributed by atoms with Gasteiger partial charge in [0, 0.05) is 29.9 Å². The summed E-state index contributed by atoms with van der Waals surface area (Å²) in [5, 5.41) is 14.9. The van der Waals surface area contributed by atoms with Crippen LogP contribution in [0.1, 0.15) is 38.5 Å². The summed E-state index contributed by atoms with van der Waals surface area (Å²) in [4.78, 5) is 12.2. The first-order valence-electron chi connectivity index (χ1n) is 8.48. The standard InChI is InChI=1S/C18H27N2O4/c1-23-14-9-13(10-15(11-14)24-2)20-18(22)17(21)16(19)8-12-6-4-3-5-7-12/h9-12,16-17H,3-8,19H2,1-2H3,(H,20,22)/q-1. The molecule has 1 aliphatic rings. The van der Waals surface area contributed by atoms with E-state index in [0.717, 1.165) is 12.8 Å². The van der Waals surface area contributed by atoms with Crippen molar-refractivity contribution in [2.75, 3.05) is 19.5 Å². The lowest BCUT2D eigenvalue weighted by molar-refractivity contribution is -0.407. The van der Waals surface area contributed by atoms with Crippen molar-refractivity contribution in [3.63, 3.8) is 0 Å². The molecule has 0 aliphatic heterocycles. The molecule has 1 saturated carbocycles. The summed E-state index contributed by atoms with van der Waals surface area (Å²) < 4.78 is 10.3. The minimum Gasteiger partial charge on any atom is -0.844 e. The van der Waals surface area contributed by atoms with Gasteiger partial charge in [-0.1, -0.05) is 32.1 Å². The first-order chi connectivity index (χ1) is 11.5. The van der Waals surface area contributed by atoms with Crippen LogP contribution < -0.4 is 25.6 Å². The van der Waals surface area contributed by atoms with E-state index in [1.165, 1.54) is 33.5 Å². The molecule has 0 saturated heterocycles. The average molecular weight is 335 g/mol. The fourth-order valence-electron chi connectivity index (χ4n) is 3.22. The molecule has 0 radical (unpaired) electrons. The number of carbonyl (C=O) groups is 1. The van der Waals surface area contributed by atoms with Gasteiger partial charge in [0.05, 0.1) is 14.2 Å². The molecule has 1 aromatic rings. The van der Waals surface area contributed by atoms with E-state index in [9.17, 15) is 9.90 Å². The van der Waals surface area contributed by atoms with Crippen LogP contribution >= 0.6 is 0 Å². The van der Waals surface area contributed by atoms with Crippen LogP contribution in [0.4, 0.5) is 5.69 Å². The van der Waals surface area contributed by atoms with Crippen LogP contribution in [-0.2, 0) is 4.79 Å². The number of hydrogen-bond acceptors (Lipinski definition) is 5. The van der Waals surface area contributed by atoms with Crippen molar-refractivity contribution in [3.8, 4) is 11.5 Å². The number of amides is 1. The molecule has 0 spiro atoms. The third-order valence-corrected chi connectivity index (χ3v) is 4.60. The normalized spacial score (nSPS) is 17.8. The average Bonchev–Trinajstić information content (AvgIpc) is 2.61. The highest BCUT2D eigenvalue weighted by Gasteiger charge is 2.21. The van der Waals surface area contributed by atoms with Gasteiger partial charge < -0.3 is 25.6 Å². The lowest BCUT2D eigenvalue weighted by Crippen LogP contribution is -2.52. The van der Waals surface area contributed by atoms with Crippen molar-refractivity contribution >= 4 is 11.6 Å². The molecule has 1 amide bonds. The summed E-state index contributed by atoms with van der Waals surface area (Å²) in [7, 11) is 3.05. The predicted molar refractivity (Wildman–Crippen MR) is 91.1 cm³/mol. The molecule has 6 heteroatoms. The molecule has 24 heavy (non-hydrogen) atoms. The number of ether oxygens (including phenoxy) is 2. The quantitative estimate of drug-likeness (QED) is 0.790. The fraction of sp³-hybridized carbons (Fsp3) is 0.611. The van der Waals surface area contributed by atoms with Gasteiger partial charge in [0.25, 0.3) is 0 Å². The van der Waals surface area contributed by atoms with Crippen molar-refractivity contribution in [1.29, 1.82) is 0 Å². The Kier molecular flexibility index (Phi) is 6.87. The van der Waals surface area contributed by atoms with Gasteiger partial charge in [-0.2, -0.15) is 0 Å². The van der Waals surface area contributed by atoms with E-state index in [-0.39, 0.29) is 0 Å². The second kappa shape index (κ2) is 8.89. The number of carbonyl (C=O) groups excluding carboxylic acids is 1. The van der Waals surface area contributed by atoms with Crippen LogP contribution in [-0.4, -0.2) is 32.3 Å². The predicted octanol–water partition coefficient (Wildman–Crippen LogP) is 1.67. The first kappa shape index (κ1) is 18.5. The number of hydrogen-bond donors (Lipinski definition) is 2. The monoisotopic (exact) mass is 335 g/mol. The smallest absolute Gasteiger partial charge is 0.212 e. The molecule has 2 unspecified atom stereocenters. The van der Waals surface area contributed by atoms with Gasteiger partial charge in [0.2, 0.25) is 5.91 Å². The van der Waals surface area contributed by atoms with Crippen LogP contribution in [0.15, 0.2) is 18.2 Å². The molecule has 0 aromatic heterocycles. The summed E-state index contributed by atoms with van der Waals surface area (Å²) in [6.07, 6.45) is 4.98. The van der Waals surface area contributed by atoms with Gasteiger partial charge in [-0.25, -0.2) is 0 Å². The molecule has 134 valence electrons. The third kappa shape index (κ3) is 5.11. The lowest BCUT2D eigenvalue weighted by Gasteiger charge is -2.32. The first-order valence-corrected chi connectivity index (χ1v) is 8.48. The second-order valence-corrected chi connectivity index (χ2v) is 6.41. The van der Waals surface area contributed by atoms with Crippen LogP contribution in [0.2, 0.25) is 0 Å². The zero-order valence-electron chi connectivity index (χ0n) is 14.4. The van der Waals surface area contributed by atoms with Gasteiger partial charge in [0.15, 0.2) is 0 Å². The zero-order valence-corrected chi connectivity index (χ0v) is 14.4. The van der Waals surface area contributed by atoms with Gasteiger partial charge in [-0.15, -0.1) is 0 Å². The molecule has 1 aliphatic carbocycles. The highest BCUT2D eigenvalue weighted by molar-refractivity contribution is 5.94. The molecular weight excluding hydrogens is 308 g/mol. The van der Waals surface area contributed by atoms with E-state index in [2.05, 4.69) is 5.32 Å². The molecule has 1 aromatic carbocycles. The molecular formula is C18H27N2O4-. The topological polar surface area (TPSA) is 96.6 Å². The minimum absolute atomic E-state index is 0.460. The Bertz CT molecular complexity index is 522. The summed E-state index contributed by atoms with van der Waals surface area (Å²) in [6.45, 7) is 0. The molecule has 2 atom stereocenters. The van der Waals surface area contributed by atoms with E-state index >= 15 is 0 Å². The zero-order chi connectivity index (χ0) is 17.5. The Labute approximate surface area is 143 Å². The molecule has 0 heterocycles. The molecule has 0 bridgehead atoms. The van der Waals surface area contributed by atoms with Gasteiger partial charge in [-0.05, 0) is 18.4 Å². The Morgan fingerprint density at radius 3 is 2.33 bits per heavy atom. The molecule has 2 rings (SSSR count). The van der Waals surface area contributed by atoms with E-state index in [4.69, 9.17) is 15.2 Å². The lowest BCUT2D eigenvalue weighted by atomic mass is 9.84. The number of rotatable bonds is 7. The van der Waals surface area contributed by atoms with Crippen molar-refractivity contribution in [2.24, 2.45) is 11.7 Å². The minimum atomic E-state index is -1.48. The molecule has 3 N–H and O–H groups in total. The van der Waals surface area contributed by atoms with Crippen LogP contribution in [0.3, 0.4) is 0 Å². The van der Waals surface area contributed by atoms with E-state index in [1.54, 1.807) is 18.2 Å². The van der Waals surface area contributed by atoms with Gasteiger partial charge >= 0.3 is 0 Å². The Morgan fingerprint density at radius 2 is 1.79 bits per heavy atom. The highest BCUT2D eigenvalue weighted by Crippen LogP contribution is 2.28. The SMILES string of the molecule is COc1cc(NC(=O)C([O-])C(N)CC2CCCCC2)cc(OC)c1. The van der Waals surface area contributed by atoms with Gasteiger partial charge in [-0.3, -0.25) is 4.79 Å². The second-order valence-electron chi connectivity index (χ2n) is 6.41. The number of methoxy groups -OCH3 is 2. The fourth-order valence-corrected chi connectivity index (χ4v) is 3.22. The summed E-state index contributed by atoms with van der Waals surface area (Å²) in [6, 6.07) is 4.30. The Balaban J connectivity index is 1.95. The van der Waals surface area contributed by atoms with E-state index in [0.29, 0.717) is 29.5 Å². The van der Waals surface area contributed by atoms with Crippen molar-refractivity contribution in [3.05, 3.63) is 18.2 Å². The van der Waals surface area contributed by atoms with Crippen LogP contribution in [0.5, 0.6) is 11.5 Å². The van der Waals surface area contributed by atoms with E-state index < -0.39 is 18.1 Å². The van der Waals surface area contributed by atoms with E-state index in [1.807, 2.05) is 0 Å². The van der Waals surface area contributed by atoms with Crippen LogP contribution in [0.25, 0.3) is 0 Å². The number of anilines is 1. The van der Waals surface area contributed by atoms with Crippen LogP contribution in [0, 0.1) is 5.92 Å². The van der Waals surface area contributed by atoms with Crippen molar-refractivity contribution in [1.82, 2.24) is 0 Å². The summed E-state index contributed by atoms with van der Waals surface area (Å²) in [5.74, 6) is 0.931. The maximum Gasteiger partial charge on any atom is 0.212 e. The number of benzene rings is 1. The van der Waals surface area contributed by atoms with Crippen molar-refractivity contribution in [2.45, 2.75) is 50.7 Å². The number of nitrogens with two attached hydrogens (primary N) is 1. The molecule has 1 fully saturated rings. The summed E-state index contributed by atoms with van der Waals surface area (Å²) >= 11 is 0. The largest absolute Gasteiger partial charge is 0.844 e. The van der Waals surface area contributed by atoms with Gasteiger partial charge in [0.1, 0.15) is 11.5 Å². The highest BCUT2D eigenvalue weighted by atomic mass is 16.5. The maximum absolute atomic E-state index is 12.3. The Morgan fingerprint density at radius 1 is 1.21 bits per heavy atom.